The van der Waals surface area contributed by atoms with Crippen molar-refractivity contribution in [2.75, 3.05) is 32.7 Å². The third kappa shape index (κ3) is 5.29. The van der Waals surface area contributed by atoms with Gasteiger partial charge in [-0.25, -0.2) is 4.98 Å². The molecule has 6 nitrogen and oxygen atoms in total. The zero-order chi connectivity index (χ0) is 21.5. The van der Waals surface area contributed by atoms with Gasteiger partial charge in [0.2, 0.25) is 5.89 Å². The largest absolute Gasteiger partial charge is 0.447 e. The summed E-state index contributed by atoms with van der Waals surface area (Å²) in [6, 6.07) is 21.6. The van der Waals surface area contributed by atoms with Gasteiger partial charge in [-0.3, -0.25) is 14.6 Å². The minimum Gasteiger partial charge on any atom is -0.447 e. The molecule has 3 aromatic rings. The SMILES string of the molecule is C=CCNC(=O)c1coc(CN2CCN(C(c3ccccc3)c3ccccc3)CC2)n1. The molecule has 4 rings (SSSR count). The smallest absolute Gasteiger partial charge is 0.273 e. The Hall–Kier alpha value is -3.22. The van der Waals surface area contributed by atoms with Crippen molar-refractivity contribution in [1.29, 1.82) is 0 Å². The molecule has 0 unspecified atom stereocenters. The van der Waals surface area contributed by atoms with Crippen LogP contribution >= 0.6 is 0 Å². The van der Waals surface area contributed by atoms with Crippen molar-refractivity contribution < 1.29 is 9.21 Å². The van der Waals surface area contributed by atoms with Gasteiger partial charge in [0.05, 0.1) is 12.6 Å². The molecule has 2 heterocycles. The van der Waals surface area contributed by atoms with E-state index in [-0.39, 0.29) is 11.9 Å². The number of hydrogen-bond donors (Lipinski definition) is 1. The van der Waals surface area contributed by atoms with Gasteiger partial charge in [-0.2, -0.15) is 0 Å². The predicted molar refractivity (Wildman–Crippen MR) is 121 cm³/mol. The maximum Gasteiger partial charge on any atom is 0.273 e. The highest BCUT2D eigenvalue weighted by Gasteiger charge is 2.27. The summed E-state index contributed by atoms with van der Waals surface area (Å²) in [7, 11) is 0. The van der Waals surface area contributed by atoms with Crippen molar-refractivity contribution in [2.45, 2.75) is 12.6 Å². The Morgan fingerprint density at radius 3 is 2.23 bits per heavy atom. The molecule has 0 atom stereocenters. The van der Waals surface area contributed by atoms with E-state index < -0.39 is 0 Å². The molecule has 31 heavy (non-hydrogen) atoms. The van der Waals surface area contributed by atoms with Crippen LogP contribution in [0.2, 0.25) is 0 Å². The van der Waals surface area contributed by atoms with Gasteiger partial charge in [0.1, 0.15) is 6.26 Å². The minimum atomic E-state index is -0.242. The Morgan fingerprint density at radius 1 is 1.03 bits per heavy atom. The van der Waals surface area contributed by atoms with Crippen LogP contribution in [-0.4, -0.2) is 53.4 Å². The number of amides is 1. The van der Waals surface area contributed by atoms with Gasteiger partial charge in [-0.1, -0.05) is 66.7 Å². The van der Waals surface area contributed by atoms with Crippen molar-refractivity contribution in [3.63, 3.8) is 0 Å². The third-order valence-corrected chi connectivity index (χ3v) is 5.55. The summed E-state index contributed by atoms with van der Waals surface area (Å²) in [5.74, 6) is 0.327. The number of rotatable bonds is 8. The van der Waals surface area contributed by atoms with E-state index in [9.17, 15) is 4.79 Å². The fourth-order valence-electron chi connectivity index (χ4n) is 4.00. The number of carbonyl (C=O) groups excluding carboxylic acids is 1. The monoisotopic (exact) mass is 416 g/mol. The lowest BCUT2D eigenvalue weighted by Crippen LogP contribution is -2.47. The average molecular weight is 417 g/mol. The molecular formula is C25H28N4O2. The van der Waals surface area contributed by atoms with Crippen LogP contribution in [0.4, 0.5) is 0 Å². The quantitative estimate of drug-likeness (QED) is 0.570. The van der Waals surface area contributed by atoms with Gasteiger partial charge in [0, 0.05) is 32.7 Å². The van der Waals surface area contributed by atoms with E-state index in [0.29, 0.717) is 24.7 Å². The average Bonchev–Trinajstić information content (AvgIpc) is 3.29. The van der Waals surface area contributed by atoms with E-state index in [1.807, 2.05) is 0 Å². The summed E-state index contributed by atoms with van der Waals surface area (Å²) in [6.07, 6.45) is 3.06. The zero-order valence-corrected chi connectivity index (χ0v) is 17.6. The maximum atomic E-state index is 12.0. The second kappa shape index (κ2) is 10.2. The van der Waals surface area contributed by atoms with Gasteiger partial charge in [0.25, 0.3) is 5.91 Å². The Morgan fingerprint density at radius 2 is 1.65 bits per heavy atom. The molecule has 0 spiro atoms. The molecule has 160 valence electrons. The lowest BCUT2D eigenvalue weighted by atomic mass is 9.96. The normalized spacial score (nSPS) is 15.1. The van der Waals surface area contributed by atoms with Crippen LogP contribution in [-0.2, 0) is 6.54 Å². The van der Waals surface area contributed by atoms with Gasteiger partial charge < -0.3 is 9.73 Å². The summed E-state index contributed by atoms with van der Waals surface area (Å²) in [6.45, 7) is 8.33. The third-order valence-electron chi connectivity index (χ3n) is 5.55. The second-order valence-corrected chi connectivity index (χ2v) is 7.66. The van der Waals surface area contributed by atoms with Crippen LogP contribution in [0, 0.1) is 0 Å². The molecule has 0 aliphatic carbocycles. The number of benzene rings is 2. The number of aromatic nitrogens is 1. The minimum absolute atomic E-state index is 0.242. The molecule has 1 saturated heterocycles. The van der Waals surface area contributed by atoms with Gasteiger partial charge in [-0.15, -0.1) is 6.58 Å². The van der Waals surface area contributed by atoms with Crippen molar-refractivity contribution in [3.8, 4) is 0 Å². The highest BCUT2D eigenvalue weighted by atomic mass is 16.3. The molecule has 0 radical (unpaired) electrons. The molecule has 2 aromatic carbocycles. The lowest BCUT2D eigenvalue weighted by Gasteiger charge is -2.39. The van der Waals surface area contributed by atoms with Crippen LogP contribution in [0.5, 0.6) is 0 Å². The van der Waals surface area contributed by atoms with Crippen LogP contribution < -0.4 is 5.32 Å². The van der Waals surface area contributed by atoms with Crippen LogP contribution in [0.15, 0.2) is 84.0 Å². The Kier molecular flexibility index (Phi) is 6.92. The number of nitrogens with one attached hydrogen (secondary N) is 1. The van der Waals surface area contributed by atoms with E-state index in [1.54, 1.807) is 6.08 Å². The summed E-state index contributed by atoms with van der Waals surface area (Å²) in [4.78, 5) is 21.2. The predicted octanol–water partition coefficient (Wildman–Crippen LogP) is 3.50. The molecular weight excluding hydrogens is 388 g/mol. The molecule has 1 aliphatic heterocycles. The van der Waals surface area contributed by atoms with Crippen LogP contribution in [0.1, 0.15) is 33.5 Å². The first kappa shape index (κ1) is 21.0. The van der Waals surface area contributed by atoms with Gasteiger partial charge >= 0.3 is 0 Å². The highest BCUT2D eigenvalue weighted by molar-refractivity contribution is 5.91. The zero-order valence-electron chi connectivity index (χ0n) is 17.6. The maximum absolute atomic E-state index is 12.0. The number of oxazole rings is 1. The Labute approximate surface area is 183 Å². The number of carbonyl (C=O) groups is 1. The van der Waals surface area contributed by atoms with E-state index in [0.717, 1.165) is 26.2 Å². The first-order chi connectivity index (χ1) is 15.2. The Bertz CT molecular complexity index is 940. The molecule has 1 N–H and O–H groups in total. The van der Waals surface area contributed by atoms with Gasteiger partial charge in [-0.05, 0) is 11.1 Å². The number of piperazine rings is 1. The van der Waals surface area contributed by atoms with Crippen molar-refractivity contribution >= 4 is 5.91 Å². The van der Waals surface area contributed by atoms with Crippen molar-refractivity contribution in [1.82, 2.24) is 20.1 Å². The van der Waals surface area contributed by atoms with Crippen LogP contribution in [0.25, 0.3) is 0 Å². The fraction of sp³-hybridized carbons (Fsp3) is 0.280. The molecule has 1 aromatic heterocycles. The highest BCUT2D eigenvalue weighted by Crippen LogP contribution is 2.29. The standard InChI is InChI=1S/C25H28N4O2/c1-2-13-26-25(30)22-19-31-23(27-22)18-28-14-16-29(17-15-28)24(20-9-5-3-6-10-20)21-11-7-4-8-12-21/h2-12,19,24H,1,13-18H2,(H,26,30). The summed E-state index contributed by atoms with van der Waals surface area (Å²) >= 11 is 0. The van der Waals surface area contributed by atoms with Crippen molar-refractivity contribution in [3.05, 3.63) is 102 Å². The summed E-state index contributed by atoms with van der Waals surface area (Å²) < 4.78 is 5.53. The number of hydrogen-bond acceptors (Lipinski definition) is 5. The summed E-state index contributed by atoms with van der Waals surface area (Å²) in [5, 5.41) is 2.72. The van der Waals surface area contributed by atoms with Crippen LogP contribution in [0.3, 0.4) is 0 Å². The molecule has 1 amide bonds. The van der Waals surface area contributed by atoms with E-state index in [4.69, 9.17) is 4.42 Å². The van der Waals surface area contributed by atoms with Gasteiger partial charge in [0.15, 0.2) is 5.69 Å². The van der Waals surface area contributed by atoms with Crippen molar-refractivity contribution in [2.24, 2.45) is 0 Å². The Balaban J connectivity index is 1.39. The number of nitrogens with zero attached hydrogens (tertiary/aromatic N) is 3. The molecule has 0 bridgehead atoms. The molecule has 1 aliphatic rings. The second-order valence-electron chi connectivity index (χ2n) is 7.66. The first-order valence-corrected chi connectivity index (χ1v) is 10.6. The first-order valence-electron chi connectivity index (χ1n) is 10.6. The molecule has 0 saturated carbocycles. The summed E-state index contributed by atoms with van der Waals surface area (Å²) in [5.41, 5.74) is 2.93. The van der Waals surface area contributed by atoms with E-state index >= 15 is 0 Å². The van der Waals surface area contributed by atoms with E-state index in [1.165, 1.54) is 17.4 Å². The topological polar surface area (TPSA) is 61.6 Å². The fourth-order valence-corrected chi connectivity index (χ4v) is 4.00. The molecule has 1 fully saturated rings. The lowest BCUT2D eigenvalue weighted by molar-refractivity contribution is 0.0951. The van der Waals surface area contributed by atoms with E-state index in [2.05, 4.69) is 87.3 Å². The molecule has 6 heteroatoms.